The van der Waals surface area contributed by atoms with Gasteiger partial charge in [0.05, 0.1) is 17.8 Å². The van der Waals surface area contributed by atoms with Gasteiger partial charge in [0.25, 0.3) is 0 Å². The predicted octanol–water partition coefficient (Wildman–Crippen LogP) is 4.42. The molecular formula is C24H26F3N7O3. The fraction of sp³-hybridized carbons (Fsp3) is 0.458. The highest BCUT2D eigenvalue weighted by Crippen LogP contribution is 2.39. The third-order valence-electron chi connectivity index (χ3n) is 5.76. The number of amides is 1. The molecule has 0 bridgehead atoms. The van der Waals surface area contributed by atoms with Gasteiger partial charge in [-0.3, -0.25) is 4.57 Å². The molecule has 1 aliphatic heterocycles. The van der Waals surface area contributed by atoms with Gasteiger partial charge in [0, 0.05) is 31.4 Å². The molecule has 0 spiro atoms. The number of hydrogen-bond donors (Lipinski definition) is 0. The van der Waals surface area contributed by atoms with E-state index in [1.165, 1.54) is 29.2 Å². The van der Waals surface area contributed by atoms with E-state index in [4.69, 9.17) is 4.74 Å². The molecule has 1 aliphatic rings. The van der Waals surface area contributed by atoms with Gasteiger partial charge in [-0.05, 0) is 46.8 Å². The van der Waals surface area contributed by atoms with Crippen LogP contribution in [0, 0.1) is 11.3 Å². The zero-order valence-electron chi connectivity index (χ0n) is 20.9. The van der Waals surface area contributed by atoms with Gasteiger partial charge in [0.1, 0.15) is 29.0 Å². The standard InChI is InChI=1S/C24H26F3N7O3/c1-14-11-33(22(35)37-23(3,4)5)15(2)10-32(14)20-19-17(36-24(25,26)27)12-34(21(19)31-13-30-20)18-8-16(9-28)6-7-29-18/h6-8,12-15H,10-11H2,1-5H3/t14?,15-/m0/s1. The van der Waals surface area contributed by atoms with Crippen LogP contribution >= 0.6 is 0 Å². The van der Waals surface area contributed by atoms with Crippen molar-refractivity contribution in [2.24, 2.45) is 0 Å². The second kappa shape index (κ2) is 9.42. The molecule has 0 aromatic carbocycles. The molecule has 0 saturated carbocycles. The van der Waals surface area contributed by atoms with E-state index in [1.807, 2.05) is 24.8 Å². The predicted molar refractivity (Wildman–Crippen MR) is 127 cm³/mol. The molecule has 1 unspecified atom stereocenters. The highest BCUT2D eigenvalue weighted by molar-refractivity contribution is 5.95. The molecule has 37 heavy (non-hydrogen) atoms. The molecule has 3 aromatic heterocycles. The lowest BCUT2D eigenvalue weighted by Gasteiger charge is -2.44. The van der Waals surface area contributed by atoms with Crippen molar-refractivity contribution >= 4 is 22.9 Å². The van der Waals surface area contributed by atoms with Crippen LogP contribution in [0.3, 0.4) is 0 Å². The van der Waals surface area contributed by atoms with Gasteiger partial charge in [-0.1, -0.05) is 0 Å². The Balaban J connectivity index is 1.78. The number of halogens is 3. The fourth-order valence-electron chi connectivity index (χ4n) is 4.22. The lowest BCUT2D eigenvalue weighted by Crippen LogP contribution is -2.59. The Bertz CT molecular complexity index is 1360. The molecule has 4 rings (SSSR count). The van der Waals surface area contributed by atoms with Crippen molar-refractivity contribution < 1.29 is 27.4 Å². The number of pyridine rings is 1. The van der Waals surface area contributed by atoms with E-state index in [2.05, 4.69) is 19.7 Å². The summed E-state index contributed by atoms with van der Waals surface area (Å²) in [4.78, 5) is 28.9. The van der Waals surface area contributed by atoms with E-state index in [0.717, 1.165) is 6.20 Å². The van der Waals surface area contributed by atoms with E-state index < -0.39 is 23.8 Å². The summed E-state index contributed by atoms with van der Waals surface area (Å²) in [5.74, 6) is -0.0822. The van der Waals surface area contributed by atoms with Gasteiger partial charge in [-0.25, -0.2) is 19.7 Å². The second-order valence-corrected chi connectivity index (χ2v) is 9.80. The van der Waals surface area contributed by atoms with E-state index in [0.29, 0.717) is 0 Å². The van der Waals surface area contributed by atoms with Crippen LogP contribution < -0.4 is 9.64 Å². The summed E-state index contributed by atoms with van der Waals surface area (Å²) in [5.41, 5.74) is -0.263. The largest absolute Gasteiger partial charge is 0.573 e. The molecule has 2 atom stereocenters. The first-order chi connectivity index (χ1) is 17.3. The Morgan fingerprint density at radius 1 is 1.14 bits per heavy atom. The van der Waals surface area contributed by atoms with Gasteiger partial charge < -0.3 is 19.3 Å². The Labute approximate surface area is 211 Å². The van der Waals surface area contributed by atoms with Gasteiger partial charge in [-0.2, -0.15) is 5.26 Å². The van der Waals surface area contributed by atoms with Gasteiger partial charge >= 0.3 is 12.5 Å². The van der Waals surface area contributed by atoms with Gasteiger partial charge in [-0.15, -0.1) is 13.2 Å². The quantitative estimate of drug-likeness (QED) is 0.502. The lowest BCUT2D eigenvalue weighted by molar-refractivity contribution is -0.274. The summed E-state index contributed by atoms with van der Waals surface area (Å²) in [7, 11) is 0. The number of fused-ring (bicyclic) bond motifs is 1. The fourth-order valence-corrected chi connectivity index (χ4v) is 4.22. The van der Waals surface area contributed by atoms with Crippen molar-refractivity contribution in [2.75, 3.05) is 18.0 Å². The van der Waals surface area contributed by atoms with Crippen molar-refractivity contribution in [3.05, 3.63) is 36.4 Å². The lowest BCUT2D eigenvalue weighted by atomic mass is 10.1. The van der Waals surface area contributed by atoms with Crippen molar-refractivity contribution in [3.8, 4) is 17.6 Å². The SMILES string of the molecule is CC1CN(C(=O)OC(C)(C)C)[C@@H](C)CN1c1ncnc2c1c(OC(F)(F)F)cn2-c1cc(C#N)ccn1. The minimum absolute atomic E-state index is 0.0359. The molecular weight excluding hydrogens is 491 g/mol. The van der Waals surface area contributed by atoms with Crippen molar-refractivity contribution in [2.45, 2.75) is 58.7 Å². The molecule has 13 heteroatoms. The first-order valence-corrected chi connectivity index (χ1v) is 11.5. The molecule has 1 fully saturated rings. The van der Waals surface area contributed by atoms with E-state index >= 15 is 0 Å². The van der Waals surface area contributed by atoms with E-state index in [9.17, 15) is 23.2 Å². The summed E-state index contributed by atoms with van der Waals surface area (Å²) in [6.07, 6.45) is -1.67. The van der Waals surface area contributed by atoms with Crippen molar-refractivity contribution in [1.82, 2.24) is 24.4 Å². The smallest absolute Gasteiger partial charge is 0.444 e. The number of aromatic nitrogens is 4. The van der Waals surface area contributed by atoms with Crippen LogP contribution in [-0.2, 0) is 4.74 Å². The number of carbonyl (C=O) groups excluding carboxylic acids is 1. The van der Waals surface area contributed by atoms with E-state index in [-0.39, 0.29) is 53.4 Å². The molecule has 4 heterocycles. The number of rotatable bonds is 3. The third kappa shape index (κ3) is 5.52. The first kappa shape index (κ1) is 26.0. The average Bonchev–Trinajstić information content (AvgIpc) is 3.16. The number of hydrogen-bond acceptors (Lipinski definition) is 8. The number of anilines is 1. The number of nitrogens with zero attached hydrogens (tertiary/aromatic N) is 7. The zero-order chi connectivity index (χ0) is 27.1. The Morgan fingerprint density at radius 2 is 1.86 bits per heavy atom. The molecule has 1 saturated heterocycles. The van der Waals surface area contributed by atoms with Gasteiger partial charge in [0.2, 0.25) is 0 Å². The molecule has 3 aromatic rings. The number of alkyl halides is 3. The second-order valence-electron chi connectivity index (χ2n) is 9.80. The van der Waals surface area contributed by atoms with Crippen LogP contribution in [0.5, 0.6) is 5.75 Å². The molecule has 196 valence electrons. The average molecular weight is 518 g/mol. The van der Waals surface area contributed by atoms with E-state index in [1.54, 1.807) is 25.7 Å². The normalized spacial score (nSPS) is 18.6. The Morgan fingerprint density at radius 3 is 2.51 bits per heavy atom. The summed E-state index contributed by atoms with van der Waals surface area (Å²) in [6.45, 7) is 9.56. The monoisotopic (exact) mass is 517 g/mol. The first-order valence-electron chi connectivity index (χ1n) is 11.5. The number of nitriles is 1. The maximum Gasteiger partial charge on any atom is 0.573 e. The molecule has 0 N–H and O–H groups in total. The maximum absolute atomic E-state index is 13.4. The van der Waals surface area contributed by atoms with Crippen LogP contribution in [0.1, 0.15) is 40.2 Å². The molecule has 1 amide bonds. The van der Waals surface area contributed by atoms with Crippen LogP contribution in [0.15, 0.2) is 30.9 Å². The number of piperazine rings is 1. The third-order valence-corrected chi connectivity index (χ3v) is 5.76. The summed E-state index contributed by atoms with van der Waals surface area (Å²) in [5, 5.41) is 9.28. The Hall–Kier alpha value is -4.08. The number of carbonyl (C=O) groups is 1. The van der Waals surface area contributed by atoms with Crippen LogP contribution in [0.2, 0.25) is 0 Å². The topological polar surface area (TPSA) is 109 Å². The minimum atomic E-state index is -4.97. The van der Waals surface area contributed by atoms with Crippen molar-refractivity contribution in [3.63, 3.8) is 0 Å². The summed E-state index contributed by atoms with van der Waals surface area (Å²) < 4.78 is 51.4. The van der Waals surface area contributed by atoms with Gasteiger partial charge in [0.15, 0.2) is 11.4 Å². The summed E-state index contributed by atoms with van der Waals surface area (Å²) >= 11 is 0. The van der Waals surface area contributed by atoms with Crippen molar-refractivity contribution in [1.29, 1.82) is 5.26 Å². The molecule has 0 radical (unpaired) electrons. The number of ether oxygens (including phenoxy) is 2. The maximum atomic E-state index is 13.4. The Kier molecular flexibility index (Phi) is 6.62. The molecule has 0 aliphatic carbocycles. The summed E-state index contributed by atoms with van der Waals surface area (Å²) in [6, 6.07) is 4.26. The van der Waals surface area contributed by atoms with Crippen LogP contribution in [0.4, 0.5) is 23.8 Å². The molecule has 10 nitrogen and oxygen atoms in total. The highest BCUT2D eigenvalue weighted by Gasteiger charge is 2.38. The van der Waals surface area contributed by atoms with Crippen LogP contribution in [-0.4, -0.2) is 67.6 Å². The van der Waals surface area contributed by atoms with Crippen LogP contribution in [0.25, 0.3) is 16.9 Å². The zero-order valence-corrected chi connectivity index (χ0v) is 20.9. The highest BCUT2D eigenvalue weighted by atomic mass is 19.4. The minimum Gasteiger partial charge on any atom is -0.444 e.